The second-order valence-electron chi connectivity index (χ2n) is 6.74. The lowest BCUT2D eigenvalue weighted by Gasteiger charge is -2.11. The maximum Gasteiger partial charge on any atom is 0.249 e. The molecule has 1 aliphatic carbocycles. The van der Waals surface area contributed by atoms with E-state index in [2.05, 4.69) is 17.4 Å². The predicted octanol–water partition coefficient (Wildman–Crippen LogP) is 6.62. The van der Waals surface area contributed by atoms with Crippen LogP contribution in [0.5, 0.6) is 0 Å². The van der Waals surface area contributed by atoms with Gasteiger partial charge in [0.05, 0.1) is 10.2 Å². The largest absolute Gasteiger partial charge is 0.313 e. The van der Waals surface area contributed by atoms with Crippen LogP contribution >= 0.6 is 34.0 Å². The van der Waals surface area contributed by atoms with E-state index >= 15 is 0 Å². The van der Waals surface area contributed by atoms with Gasteiger partial charge in [0.1, 0.15) is 10.0 Å². The molecule has 0 fully saturated rings. The number of amides is 1. The van der Waals surface area contributed by atoms with Crippen LogP contribution in [0.1, 0.15) is 28.2 Å². The molecular formula is C22H18N2OS3. The Bertz CT molecular complexity index is 1140. The van der Waals surface area contributed by atoms with Crippen molar-refractivity contribution in [1.29, 1.82) is 0 Å². The van der Waals surface area contributed by atoms with Crippen molar-refractivity contribution in [2.75, 3.05) is 5.32 Å². The fourth-order valence-electron chi connectivity index (χ4n) is 3.56. The SMILES string of the molecule is O=C(/C=C/c1cccs1)Nc1sc2c(c1-c1nc3ccccc3s1)CCCC2. The quantitative estimate of drug-likeness (QED) is 0.376. The van der Waals surface area contributed by atoms with E-state index < -0.39 is 0 Å². The zero-order valence-electron chi connectivity index (χ0n) is 15.1. The number of benzene rings is 1. The van der Waals surface area contributed by atoms with Gasteiger partial charge in [-0.15, -0.1) is 34.0 Å². The predicted molar refractivity (Wildman–Crippen MR) is 122 cm³/mol. The van der Waals surface area contributed by atoms with E-state index in [1.165, 1.54) is 28.0 Å². The van der Waals surface area contributed by atoms with E-state index in [1.54, 1.807) is 40.1 Å². The van der Waals surface area contributed by atoms with Gasteiger partial charge in [0.15, 0.2) is 0 Å². The summed E-state index contributed by atoms with van der Waals surface area (Å²) in [7, 11) is 0. The number of aryl methyl sites for hydroxylation is 1. The lowest BCUT2D eigenvalue weighted by molar-refractivity contribution is -0.111. The van der Waals surface area contributed by atoms with Crippen LogP contribution in [-0.2, 0) is 17.6 Å². The first-order valence-electron chi connectivity index (χ1n) is 9.31. The molecule has 0 radical (unpaired) electrons. The Morgan fingerprint density at radius 1 is 1.07 bits per heavy atom. The molecule has 1 aromatic carbocycles. The van der Waals surface area contributed by atoms with Gasteiger partial charge in [-0.05, 0) is 60.9 Å². The number of para-hydroxylation sites is 1. The summed E-state index contributed by atoms with van der Waals surface area (Å²) in [4.78, 5) is 19.9. The fraction of sp³-hybridized carbons (Fsp3) is 0.182. The van der Waals surface area contributed by atoms with E-state index in [9.17, 15) is 4.79 Å². The Labute approximate surface area is 175 Å². The number of nitrogens with one attached hydrogen (secondary N) is 1. The van der Waals surface area contributed by atoms with Crippen LogP contribution in [0.2, 0.25) is 0 Å². The number of thiazole rings is 1. The van der Waals surface area contributed by atoms with E-state index in [0.717, 1.165) is 38.8 Å². The highest BCUT2D eigenvalue weighted by molar-refractivity contribution is 7.23. The zero-order valence-corrected chi connectivity index (χ0v) is 17.6. The van der Waals surface area contributed by atoms with E-state index in [1.807, 2.05) is 35.7 Å². The molecule has 0 aliphatic heterocycles. The minimum Gasteiger partial charge on any atom is -0.313 e. The smallest absolute Gasteiger partial charge is 0.249 e. The molecule has 3 aromatic heterocycles. The Morgan fingerprint density at radius 3 is 2.82 bits per heavy atom. The Kier molecular flexibility index (Phi) is 4.84. The first kappa shape index (κ1) is 17.8. The Hall–Kier alpha value is -2.28. The highest BCUT2D eigenvalue weighted by Gasteiger charge is 2.24. The number of rotatable bonds is 4. The molecule has 3 nitrogen and oxygen atoms in total. The highest BCUT2D eigenvalue weighted by Crippen LogP contribution is 2.46. The van der Waals surface area contributed by atoms with Crippen molar-refractivity contribution < 1.29 is 4.79 Å². The summed E-state index contributed by atoms with van der Waals surface area (Å²) < 4.78 is 1.18. The minimum absolute atomic E-state index is 0.0886. The van der Waals surface area contributed by atoms with Crippen molar-refractivity contribution in [2.45, 2.75) is 25.7 Å². The van der Waals surface area contributed by atoms with Crippen molar-refractivity contribution >= 4 is 61.2 Å². The number of fused-ring (bicyclic) bond motifs is 2. The molecule has 3 heterocycles. The molecule has 1 N–H and O–H groups in total. The lowest BCUT2D eigenvalue weighted by Crippen LogP contribution is -2.07. The fourth-order valence-corrected chi connectivity index (χ4v) is 6.58. The first-order valence-corrected chi connectivity index (χ1v) is 11.8. The van der Waals surface area contributed by atoms with Gasteiger partial charge in [-0.1, -0.05) is 18.2 Å². The molecule has 0 spiro atoms. The van der Waals surface area contributed by atoms with Gasteiger partial charge in [-0.3, -0.25) is 4.79 Å². The van der Waals surface area contributed by atoms with E-state index in [4.69, 9.17) is 4.98 Å². The van der Waals surface area contributed by atoms with Crippen molar-refractivity contribution in [1.82, 2.24) is 4.98 Å². The molecule has 6 heteroatoms. The number of hydrogen-bond donors (Lipinski definition) is 1. The monoisotopic (exact) mass is 422 g/mol. The number of nitrogens with zero attached hydrogens (tertiary/aromatic N) is 1. The average Bonchev–Trinajstić information content (AvgIpc) is 3.43. The molecule has 4 aromatic rings. The van der Waals surface area contributed by atoms with E-state index in [-0.39, 0.29) is 5.91 Å². The summed E-state index contributed by atoms with van der Waals surface area (Å²) in [6.07, 6.45) is 8.07. The Morgan fingerprint density at radius 2 is 1.96 bits per heavy atom. The van der Waals surface area contributed by atoms with Crippen molar-refractivity contribution in [2.24, 2.45) is 0 Å². The number of carbonyl (C=O) groups is 1. The summed E-state index contributed by atoms with van der Waals surface area (Å²) in [6.45, 7) is 0. The normalized spacial score (nSPS) is 13.9. The third-order valence-corrected chi connectivity index (χ3v) is 7.96. The van der Waals surface area contributed by atoms with Crippen LogP contribution in [0.25, 0.3) is 26.9 Å². The summed E-state index contributed by atoms with van der Waals surface area (Å²) in [5, 5.41) is 7.10. The number of thiophene rings is 2. The first-order chi connectivity index (χ1) is 13.8. The minimum atomic E-state index is -0.0886. The van der Waals surface area contributed by atoms with Crippen LogP contribution in [0.4, 0.5) is 5.00 Å². The van der Waals surface area contributed by atoms with Crippen molar-refractivity contribution in [3.8, 4) is 10.6 Å². The molecule has 0 bridgehead atoms. The number of carbonyl (C=O) groups excluding carboxylic acids is 1. The summed E-state index contributed by atoms with van der Waals surface area (Å²) >= 11 is 5.05. The Balaban J connectivity index is 1.52. The second kappa shape index (κ2) is 7.62. The maximum atomic E-state index is 12.6. The van der Waals surface area contributed by atoms with Crippen LogP contribution in [-0.4, -0.2) is 10.9 Å². The summed E-state index contributed by atoms with van der Waals surface area (Å²) in [5.74, 6) is -0.0886. The molecule has 140 valence electrons. The van der Waals surface area contributed by atoms with Gasteiger partial charge in [0.25, 0.3) is 0 Å². The molecule has 28 heavy (non-hydrogen) atoms. The highest BCUT2D eigenvalue weighted by atomic mass is 32.1. The molecular weight excluding hydrogens is 404 g/mol. The van der Waals surface area contributed by atoms with Crippen LogP contribution in [0.3, 0.4) is 0 Å². The van der Waals surface area contributed by atoms with Gasteiger partial charge in [0, 0.05) is 21.4 Å². The molecule has 0 unspecified atom stereocenters. The van der Waals surface area contributed by atoms with Gasteiger partial charge in [-0.25, -0.2) is 4.98 Å². The molecule has 0 saturated heterocycles. The van der Waals surface area contributed by atoms with Gasteiger partial charge < -0.3 is 5.32 Å². The summed E-state index contributed by atoms with van der Waals surface area (Å²) in [6, 6.07) is 12.2. The number of hydrogen-bond acceptors (Lipinski definition) is 5. The third-order valence-electron chi connectivity index (χ3n) is 4.86. The van der Waals surface area contributed by atoms with Crippen LogP contribution in [0.15, 0.2) is 47.9 Å². The van der Waals surface area contributed by atoms with Gasteiger partial charge in [-0.2, -0.15) is 0 Å². The van der Waals surface area contributed by atoms with Crippen LogP contribution in [0, 0.1) is 0 Å². The maximum absolute atomic E-state index is 12.6. The zero-order chi connectivity index (χ0) is 18.9. The second-order valence-corrected chi connectivity index (χ2v) is 9.85. The summed E-state index contributed by atoms with van der Waals surface area (Å²) in [5.41, 5.74) is 3.54. The topological polar surface area (TPSA) is 42.0 Å². The average molecular weight is 423 g/mol. The van der Waals surface area contributed by atoms with Gasteiger partial charge >= 0.3 is 0 Å². The third kappa shape index (κ3) is 3.43. The standard InChI is InChI=1S/C22H18N2OS3/c25-19(12-11-14-6-5-13-26-14)24-22-20(15-7-1-3-9-17(15)27-22)21-23-16-8-2-4-10-18(16)28-21/h2,4-6,8,10-13H,1,3,7,9H2,(H,24,25)/b12-11+. The van der Waals surface area contributed by atoms with E-state index in [0.29, 0.717) is 0 Å². The van der Waals surface area contributed by atoms with Crippen LogP contribution < -0.4 is 5.32 Å². The molecule has 1 amide bonds. The van der Waals surface area contributed by atoms with Crippen molar-refractivity contribution in [3.63, 3.8) is 0 Å². The molecule has 1 aliphatic rings. The van der Waals surface area contributed by atoms with Gasteiger partial charge in [0.2, 0.25) is 5.91 Å². The number of anilines is 1. The molecule has 0 atom stereocenters. The lowest BCUT2D eigenvalue weighted by atomic mass is 9.96. The number of aromatic nitrogens is 1. The molecule has 0 saturated carbocycles. The van der Waals surface area contributed by atoms with Crippen molar-refractivity contribution in [3.05, 3.63) is 63.2 Å². The molecule has 5 rings (SSSR count).